The van der Waals surface area contributed by atoms with Crippen LogP contribution in [0.15, 0.2) is 24.3 Å². The van der Waals surface area contributed by atoms with Crippen molar-refractivity contribution in [1.82, 2.24) is 10.2 Å². The van der Waals surface area contributed by atoms with Crippen LogP contribution in [0.3, 0.4) is 0 Å². The molecule has 37 heavy (non-hydrogen) atoms. The van der Waals surface area contributed by atoms with Crippen LogP contribution in [0.25, 0.3) is 0 Å². The topological polar surface area (TPSA) is 121 Å². The van der Waals surface area contributed by atoms with Gasteiger partial charge >= 0.3 is 0 Å². The summed E-state index contributed by atoms with van der Waals surface area (Å²) in [7, 11) is 1.58. The van der Waals surface area contributed by atoms with Crippen LogP contribution in [-0.2, 0) is 28.0 Å². The van der Waals surface area contributed by atoms with Crippen molar-refractivity contribution in [2.45, 2.75) is 46.1 Å². The third-order valence-electron chi connectivity index (χ3n) is 6.73. The summed E-state index contributed by atoms with van der Waals surface area (Å²) in [5.41, 5.74) is 4.07. The molecule has 2 aliphatic rings. The van der Waals surface area contributed by atoms with Crippen molar-refractivity contribution in [3.8, 4) is 11.5 Å². The highest BCUT2D eigenvalue weighted by molar-refractivity contribution is 6.06. The smallest absolute Gasteiger partial charge is 0.224 e. The number of carbonyl (C=O) groups is 3. The van der Waals surface area contributed by atoms with E-state index in [-0.39, 0.29) is 48.2 Å². The summed E-state index contributed by atoms with van der Waals surface area (Å²) in [5, 5.41) is 14.5. The summed E-state index contributed by atoms with van der Waals surface area (Å²) in [6.45, 7) is 9.00. The van der Waals surface area contributed by atoms with Gasteiger partial charge in [0.05, 0.1) is 38.4 Å². The number of rotatable bonds is 10. The van der Waals surface area contributed by atoms with E-state index in [1.807, 2.05) is 25.1 Å². The van der Waals surface area contributed by atoms with Gasteiger partial charge in [-0.3, -0.25) is 19.8 Å². The molecule has 0 spiro atoms. The highest BCUT2D eigenvalue weighted by atomic mass is 16.5. The highest BCUT2D eigenvalue weighted by Gasteiger charge is 2.35. The number of ether oxygens (including phenoxy) is 2. The molecule has 1 amide bonds. The van der Waals surface area contributed by atoms with Crippen LogP contribution in [0.1, 0.15) is 60.3 Å². The lowest BCUT2D eigenvalue weighted by Crippen LogP contribution is -2.30. The molecule has 0 aliphatic carbocycles. The van der Waals surface area contributed by atoms with E-state index in [4.69, 9.17) is 14.9 Å². The van der Waals surface area contributed by atoms with Gasteiger partial charge in [0.15, 0.2) is 5.78 Å². The van der Waals surface area contributed by atoms with Crippen molar-refractivity contribution in [2.75, 3.05) is 38.7 Å². The van der Waals surface area contributed by atoms with Crippen molar-refractivity contribution < 1.29 is 23.9 Å². The van der Waals surface area contributed by atoms with Crippen LogP contribution in [0.2, 0.25) is 0 Å². The van der Waals surface area contributed by atoms with Crippen molar-refractivity contribution >= 4 is 29.0 Å². The second-order valence-electron chi connectivity index (χ2n) is 10.2. The molecule has 196 valence electrons. The van der Waals surface area contributed by atoms with Crippen LogP contribution in [0.5, 0.6) is 11.5 Å². The third-order valence-corrected chi connectivity index (χ3v) is 6.73. The molecule has 0 saturated heterocycles. The predicted octanol–water partition coefficient (Wildman–Crippen LogP) is 3.07. The van der Waals surface area contributed by atoms with Gasteiger partial charge in [0.2, 0.25) is 5.91 Å². The summed E-state index contributed by atoms with van der Waals surface area (Å²) < 4.78 is 11.7. The van der Waals surface area contributed by atoms with E-state index < -0.39 is 0 Å². The molecule has 0 bridgehead atoms. The summed E-state index contributed by atoms with van der Waals surface area (Å²) in [6, 6.07) is 7.29. The maximum Gasteiger partial charge on any atom is 0.224 e. The molecule has 9 nitrogen and oxygen atoms in total. The van der Waals surface area contributed by atoms with Gasteiger partial charge in [-0.05, 0) is 43.7 Å². The monoisotopic (exact) mass is 506 g/mol. The highest BCUT2D eigenvalue weighted by Crippen LogP contribution is 2.44. The van der Waals surface area contributed by atoms with Crippen LogP contribution in [0.4, 0.5) is 5.69 Å². The Morgan fingerprint density at radius 1 is 1.19 bits per heavy atom. The minimum Gasteiger partial charge on any atom is -0.494 e. The largest absolute Gasteiger partial charge is 0.494 e. The number of nitrogens with one attached hydrogen (secondary N) is 3. The van der Waals surface area contributed by atoms with Gasteiger partial charge in [-0.1, -0.05) is 13.8 Å². The Hall–Kier alpha value is -3.88. The van der Waals surface area contributed by atoms with E-state index in [2.05, 4.69) is 24.5 Å². The summed E-state index contributed by atoms with van der Waals surface area (Å²) in [6.07, 6.45) is 0.147. The van der Waals surface area contributed by atoms with Crippen LogP contribution < -0.4 is 20.1 Å². The number of fused-ring (bicyclic) bond motifs is 2. The quantitative estimate of drug-likeness (QED) is 0.424. The Balaban J connectivity index is 1.59. The van der Waals surface area contributed by atoms with Crippen molar-refractivity contribution in [2.24, 2.45) is 0 Å². The first kappa shape index (κ1) is 26.2. The first-order valence-electron chi connectivity index (χ1n) is 12.4. The van der Waals surface area contributed by atoms with E-state index in [0.717, 1.165) is 11.1 Å². The van der Waals surface area contributed by atoms with Gasteiger partial charge in [0.25, 0.3) is 0 Å². The first-order chi connectivity index (χ1) is 17.5. The molecule has 0 fully saturated rings. The number of hydrogen-bond donors (Lipinski definition) is 3. The van der Waals surface area contributed by atoms with Gasteiger partial charge in [0.1, 0.15) is 23.1 Å². The molecule has 2 aromatic carbocycles. The number of ketones is 2. The number of carbonyl (C=O) groups excluding carboxylic acids is 3. The van der Waals surface area contributed by atoms with Gasteiger partial charge in [-0.15, -0.1) is 0 Å². The Morgan fingerprint density at radius 3 is 2.62 bits per heavy atom. The normalized spacial score (nSPS) is 15.1. The summed E-state index contributed by atoms with van der Waals surface area (Å²) in [5.74, 6) is 1.24. The van der Waals surface area contributed by atoms with E-state index in [0.29, 0.717) is 53.6 Å². The Bertz CT molecular complexity index is 1280. The maximum absolute atomic E-state index is 13.5. The number of anilines is 1. The summed E-state index contributed by atoms with van der Waals surface area (Å²) in [4.78, 5) is 38.8. The van der Waals surface area contributed by atoms with Gasteiger partial charge in [-0.2, -0.15) is 0 Å². The standard InChI is InChI=1S/C28H34N4O5/c1-6-36-24-10-19-13-32(27(29)20(19)7-18(24)11-25(35)30-5)14-23(34)17-8-21-26(37-15-28(21,3)4)22(9-17)31-12-16(2)33/h7-10,29,31H,6,11-15H2,1-5H3,(H,30,35). The van der Waals surface area contributed by atoms with Crippen molar-refractivity contribution in [1.29, 1.82) is 5.41 Å². The zero-order chi connectivity index (χ0) is 26.9. The number of hydrogen-bond acceptors (Lipinski definition) is 7. The zero-order valence-corrected chi connectivity index (χ0v) is 22.0. The third kappa shape index (κ3) is 5.30. The number of nitrogens with zero attached hydrogens (tertiary/aromatic N) is 1. The van der Waals surface area contributed by atoms with Crippen LogP contribution in [-0.4, -0.2) is 61.6 Å². The maximum atomic E-state index is 13.5. The van der Waals surface area contributed by atoms with Gasteiger partial charge in [-0.25, -0.2) is 0 Å². The molecular weight excluding hydrogens is 472 g/mol. The van der Waals surface area contributed by atoms with E-state index >= 15 is 0 Å². The molecule has 9 heteroatoms. The molecule has 0 aromatic heterocycles. The molecular formula is C28H34N4O5. The minimum absolute atomic E-state index is 0.0202. The van der Waals surface area contributed by atoms with E-state index in [9.17, 15) is 14.4 Å². The molecule has 0 atom stereocenters. The van der Waals surface area contributed by atoms with E-state index in [1.54, 1.807) is 18.0 Å². The lowest BCUT2D eigenvalue weighted by atomic mass is 9.85. The number of amidine groups is 1. The van der Waals surface area contributed by atoms with E-state index in [1.165, 1.54) is 6.92 Å². The second kappa shape index (κ2) is 10.2. The van der Waals surface area contributed by atoms with Crippen LogP contribution in [0, 0.1) is 5.41 Å². The number of amides is 1. The van der Waals surface area contributed by atoms with Crippen LogP contribution >= 0.6 is 0 Å². The predicted molar refractivity (Wildman–Crippen MR) is 141 cm³/mol. The Kier molecular flexibility index (Phi) is 7.25. The first-order valence-corrected chi connectivity index (χ1v) is 12.4. The van der Waals surface area contributed by atoms with Gasteiger partial charge in [0, 0.05) is 41.3 Å². The number of benzene rings is 2. The lowest BCUT2D eigenvalue weighted by molar-refractivity contribution is -0.120. The van der Waals surface area contributed by atoms with Crippen molar-refractivity contribution in [3.05, 3.63) is 52.1 Å². The molecule has 2 heterocycles. The molecule has 2 aliphatic heterocycles. The average Bonchev–Trinajstić information content (AvgIpc) is 3.32. The fourth-order valence-corrected chi connectivity index (χ4v) is 4.69. The minimum atomic E-state index is -0.272. The SMILES string of the molecule is CCOc1cc2c(cc1CC(=O)NC)C(=N)N(CC(=O)c1cc(NCC(C)=O)c3c(c1)C(C)(C)CO3)C2. The number of likely N-dealkylation sites (N-methyl/N-ethyl adjacent to an activating group) is 1. The average molecular weight is 507 g/mol. The second-order valence-corrected chi connectivity index (χ2v) is 10.2. The molecule has 4 rings (SSSR count). The Morgan fingerprint density at radius 2 is 1.95 bits per heavy atom. The van der Waals surface area contributed by atoms with Crippen molar-refractivity contribution in [3.63, 3.8) is 0 Å². The molecule has 0 radical (unpaired) electrons. The molecule has 2 aromatic rings. The van der Waals surface area contributed by atoms with Gasteiger partial charge < -0.3 is 25.0 Å². The number of Topliss-reactive ketones (excluding diaryl/α,β-unsaturated/α-hetero) is 2. The fraction of sp³-hybridized carbons (Fsp3) is 0.429. The Labute approximate surface area is 217 Å². The summed E-state index contributed by atoms with van der Waals surface area (Å²) >= 11 is 0. The lowest BCUT2D eigenvalue weighted by Gasteiger charge is -2.20. The molecule has 3 N–H and O–H groups in total. The molecule has 0 saturated carbocycles. The zero-order valence-electron chi connectivity index (χ0n) is 22.0. The molecule has 0 unspecified atom stereocenters. The fourth-order valence-electron chi connectivity index (χ4n) is 4.69.